The van der Waals surface area contributed by atoms with Crippen LogP contribution in [0.4, 0.5) is 0 Å². The first-order chi connectivity index (χ1) is 13.9. The molecule has 0 saturated carbocycles. The number of Topliss-reactive ketones (excluding diaryl/α,β-unsaturated/α-hetero) is 1. The average Bonchev–Trinajstić information content (AvgIpc) is 2.69. The molecule has 0 amide bonds. The van der Waals surface area contributed by atoms with E-state index in [-0.39, 0.29) is 36.0 Å². The summed E-state index contributed by atoms with van der Waals surface area (Å²) >= 11 is 0. The molecule has 0 aromatic rings. The number of carboxylic acid groups (broad SMARTS) is 1. The van der Waals surface area contributed by atoms with Crippen molar-refractivity contribution in [3.05, 3.63) is 0 Å². The molecule has 0 rings (SSSR count). The summed E-state index contributed by atoms with van der Waals surface area (Å²) in [6.45, 7) is 3.27. The molecule has 1 atom stereocenters. The van der Waals surface area contributed by atoms with Crippen molar-refractivity contribution in [3.8, 4) is 0 Å². The van der Waals surface area contributed by atoms with Gasteiger partial charge in [0.05, 0.1) is 5.97 Å². The van der Waals surface area contributed by atoms with Gasteiger partial charge < -0.3 is 15.0 Å². The Morgan fingerprint density at radius 1 is 0.633 bits per heavy atom. The van der Waals surface area contributed by atoms with Gasteiger partial charge >= 0.3 is 29.6 Å². The van der Waals surface area contributed by atoms with E-state index >= 15 is 0 Å². The van der Waals surface area contributed by atoms with Crippen LogP contribution >= 0.6 is 0 Å². The van der Waals surface area contributed by atoms with Crippen LogP contribution in [0.1, 0.15) is 142 Å². The number of aliphatic carboxylic acids is 1. The van der Waals surface area contributed by atoms with Gasteiger partial charge in [-0.25, -0.2) is 0 Å². The number of carbonyl (C=O) groups is 2. The van der Waals surface area contributed by atoms with Crippen LogP contribution in [0.5, 0.6) is 0 Å². The number of aliphatic hydroxyl groups is 1. The maximum absolute atomic E-state index is 11.6. The van der Waals surface area contributed by atoms with Gasteiger partial charge in [0.2, 0.25) is 0 Å². The summed E-state index contributed by atoms with van der Waals surface area (Å²) in [5, 5.41) is 20.2. The molecule has 172 valence electrons. The van der Waals surface area contributed by atoms with Crippen molar-refractivity contribution < 1.29 is 49.4 Å². The van der Waals surface area contributed by atoms with Crippen LogP contribution in [-0.2, 0) is 9.59 Å². The summed E-state index contributed by atoms with van der Waals surface area (Å²) in [6, 6.07) is 0. The zero-order valence-corrected chi connectivity index (χ0v) is 22.3. The van der Waals surface area contributed by atoms with E-state index < -0.39 is 17.4 Å². The van der Waals surface area contributed by atoms with Crippen LogP contribution < -0.4 is 34.7 Å². The summed E-state index contributed by atoms with van der Waals surface area (Å²) in [4.78, 5) is 22.3. The van der Waals surface area contributed by atoms with Gasteiger partial charge in [-0.05, 0) is 13.3 Å². The SMILES string of the molecule is CCCCCCCCCCCCCCCCCCCCCC(=O)C(C)(O)C(=O)[O-].[Na+]. The number of rotatable bonds is 22. The maximum Gasteiger partial charge on any atom is 1.00 e. The first-order valence-corrected chi connectivity index (χ1v) is 12.4. The molecule has 0 bridgehead atoms. The minimum Gasteiger partial charge on any atom is -0.547 e. The van der Waals surface area contributed by atoms with E-state index in [0.29, 0.717) is 6.42 Å². The second kappa shape index (κ2) is 22.3. The fourth-order valence-corrected chi connectivity index (χ4v) is 3.72. The number of hydrogen-bond acceptors (Lipinski definition) is 4. The number of hydrogen-bond donors (Lipinski definition) is 1. The van der Waals surface area contributed by atoms with Gasteiger partial charge in [0.15, 0.2) is 11.4 Å². The Labute approximate surface area is 208 Å². The minimum absolute atomic E-state index is 0. The zero-order valence-electron chi connectivity index (χ0n) is 20.3. The molecule has 0 saturated heterocycles. The molecule has 0 aliphatic rings. The van der Waals surface area contributed by atoms with Crippen LogP contribution in [0.3, 0.4) is 0 Å². The van der Waals surface area contributed by atoms with Crippen LogP contribution in [0.2, 0.25) is 0 Å². The molecule has 1 N–H and O–H groups in total. The van der Waals surface area contributed by atoms with Crippen LogP contribution in [0, 0.1) is 0 Å². The van der Waals surface area contributed by atoms with Crippen molar-refractivity contribution in [2.75, 3.05) is 0 Å². The fraction of sp³-hybridized carbons (Fsp3) is 0.920. The van der Waals surface area contributed by atoms with Crippen molar-refractivity contribution in [1.82, 2.24) is 0 Å². The van der Waals surface area contributed by atoms with Crippen LogP contribution in [-0.4, -0.2) is 22.5 Å². The molecular formula is C25H47NaO4. The summed E-state index contributed by atoms with van der Waals surface area (Å²) < 4.78 is 0. The van der Waals surface area contributed by atoms with E-state index in [1.165, 1.54) is 103 Å². The van der Waals surface area contributed by atoms with E-state index in [1.807, 2.05) is 0 Å². The van der Waals surface area contributed by atoms with Crippen molar-refractivity contribution in [1.29, 1.82) is 0 Å². The predicted molar refractivity (Wildman–Crippen MR) is 119 cm³/mol. The third-order valence-electron chi connectivity index (χ3n) is 5.95. The zero-order chi connectivity index (χ0) is 21.8. The van der Waals surface area contributed by atoms with E-state index in [2.05, 4.69) is 6.92 Å². The van der Waals surface area contributed by atoms with Gasteiger partial charge in [0.1, 0.15) is 0 Å². The van der Waals surface area contributed by atoms with Gasteiger partial charge in [-0.15, -0.1) is 0 Å². The first kappa shape index (κ1) is 32.3. The molecular weight excluding hydrogens is 387 g/mol. The minimum atomic E-state index is -2.34. The second-order valence-corrected chi connectivity index (χ2v) is 8.90. The number of ketones is 1. The average molecular weight is 435 g/mol. The summed E-state index contributed by atoms with van der Waals surface area (Å²) in [5.74, 6) is -2.36. The van der Waals surface area contributed by atoms with E-state index in [9.17, 15) is 19.8 Å². The van der Waals surface area contributed by atoms with Gasteiger partial charge in [0.25, 0.3) is 0 Å². The monoisotopic (exact) mass is 434 g/mol. The van der Waals surface area contributed by atoms with Crippen LogP contribution in [0.15, 0.2) is 0 Å². The molecule has 4 nitrogen and oxygen atoms in total. The molecule has 0 spiro atoms. The van der Waals surface area contributed by atoms with Gasteiger partial charge in [-0.3, -0.25) is 4.79 Å². The maximum atomic E-state index is 11.6. The third-order valence-corrected chi connectivity index (χ3v) is 5.95. The Morgan fingerprint density at radius 2 is 0.900 bits per heavy atom. The number of carboxylic acids is 1. The quantitative estimate of drug-likeness (QED) is 0.161. The van der Waals surface area contributed by atoms with Crippen LogP contribution in [0.25, 0.3) is 0 Å². The fourth-order valence-electron chi connectivity index (χ4n) is 3.72. The van der Waals surface area contributed by atoms with E-state index in [4.69, 9.17) is 0 Å². The predicted octanol–water partition coefficient (Wildman–Crippen LogP) is 2.88. The van der Waals surface area contributed by atoms with E-state index in [0.717, 1.165) is 19.8 Å². The molecule has 1 unspecified atom stereocenters. The molecule has 30 heavy (non-hydrogen) atoms. The third kappa shape index (κ3) is 18.8. The van der Waals surface area contributed by atoms with Gasteiger partial charge in [0, 0.05) is 6.42 Å². The first-order valence-electron chi connectivity index (χ1n) is 12.4. The second-order valence-electron chi connectivity index (χ2n) is 8.90. The van der Waals surface area contributed by atoms with Gasteiger partial charge in [-0.2, -0.15) is 0 Å². The topological polar surface area (TPSA) is 77.4 Å². The molecule has 0 aliphatic carbocycles. The molecule has 0 fully saturated rings. The van der Waals surface area contributed by atoms with Crippen molar-refractivity contribution in [2.24, 2.45) is 0 Å². The van der Waals surface area contributed by atoms with Gasteiger partial charge in [-0.1, -0.05) is 122 Å². The normalized spacial score (nSPS) is 12.9. The van der Waals surface area contributed by atoms with Crippen molar-refractivity contribution >= 4 is 11.8 Å². The molecule has 0 heterocycles. The molecule has 5 heteroatoms. The summed E-state index contributed by atoms with van der Waals surface area (Å²) in [6.07, 6.45) is 24.5. The standard InChI is InChI=1S/C25H48O4.Na/c1-3-4-5-6-7-8-9-10-11-12-13-14-15-16-17-18-19-20-21-22-23(26)25(2,29)24(27)28;/h29H,3-22H2,1-2H3,(H,27,28);/q;+1/p-1. The Bertz CT molecular complexity index is 410. The van der Waals surface area contributed by atoms with Crippen molar-refractivity contribution in [2.45, 2.75) is 148 Å². The molecule has 0 aromatic heterocycles. The molecule has 0 aliphatic heterocycles. The number of carbonyl (C=O) groups excluding carboxylic acids is 2. The number of unbranched alkanes of at least 4 members (excludes halogenated alkanes) is 18. The Morgan fingerprint density at radius 3 is 1.17 bits per heavy atom. The summed E-state index contributed by atoms with van der Waals surface area (Å²) in [7, 11) is 0. The summed E-state index contributed by atoms with van der Waals surface area (Å²) in [5.41, 5.74) is -2.34. The Balaban J connectivity index is 0. The largest absolute Gasteiger partial charge is 1.00 e. The molecule has 0 radical (unpaired) electrons. The van der Waals surface area contributed by atoms with E-state index in [1.54, 1.807) is 0 Å². The Hall–Kier alpha value is 0.100. The smallest absolute Gasteiger partial charge is 0.547 e. The van der Waals surface area contributed by atoms with Crippen molar-refractivity contribution in [3.63, 3.8) is 0 Å². The molecule has 0 aromatic carbocycles. The Kier molecular flexibility index (Phi) is 24.0.